The number of anilines is 2. The van der Waals surface area contributed by atoms with Gasteiger partial charge in [-0.1, -0.05) is 24.6 Å². The Morgan fingerprint density at radius 2 is 1.73 bits per heavy atom. The van der Waals surface area contributed by atoms with E-state index in [-0.39, 0.29) is 28.9 Å². The average Bonchev–Trinajstić information content (AvgIpc) is 3.48. The van der Waals surface area contributed by atoms with Crippen LogP contribution in [0, 0.1) is 0 Å². The van der Waals surface area contributed by atoms with E-state index >= 15 is 0 Å². The van der Waals surface area contributed by atoms with Crippen molar-refractivity contribution in [2.45, 2.75) is 57.3 Å². The highest BCUT2D eigenvalue weighted by atomic mass is 32.1. The van der Waals surface area contributed by atoms with Gasteiger partial charge in [0.15, 0.2) is 22.9 Å². The van der Waals surface area contributed by atoms with Crippen LogP contribution in [0.2, 0.25) is 0 Å². The molecule has 2 aliphatic heterocycles. The van der Waals surface area contributed by atoms with Gasteiger partial charge in [0, 0.05) is 48.8 Å². The lowest BCUT2D eigenvalue weighted by molar-refractivity contribution is -0.121. The van der Waals surface area contributed by atoms with E-state index in [0.29, 0.717) is 28.6 Å². The summed E-state index contributed by atoms with van der Waals surface area (Å²) in [6.45, 7) is 4.64. The normalized spacial score (nSPS) is 16.8. The first-order valence-electron chi connectivity index (χ1n) is 15.1. The number of thiocarbonyl (C=S) groups is 1. The monoisotopic (exact) mass is 639 g/mol. The zero-order valence-corrected chi connectivity index (χ0v) is 26.6. The Balaban J connectivity index is 1.15. The summed E-state index contributed by atoms with van der Waals surface area (Å²) >= 11 is 6.82. The third-order valence-electron chi connectivity index (χ3n) is 8.36. The van der Waals surface area contributed by atoms with E-state index in [2.05, 4.69) is 50.2 Å². The number of aliphatic hydroxyl groups excluding tert-OH is 1. The van der Waals surface area contributed by atoms with Crippen molar-refractivity contribution >= 4 is 45.3 Å². The van der Waals surface area contributed by atoms with Gasteiger partial charge in [-0.15, -0.1) is 11.3 Å². The first kappa shape index (κ1) is 32.0. The molecule has 1 amide bonds. The van der Waals surface area contributed by atoms with Crippen LogP contribution in [-0.2, 0) is 16.0 Å². The lowest BCUT2D eigenvalue weighted by Crippen LogP contribution is -2.46. The number of hydrogen-bond acceptors (Lipinski definition) is 9. The molecule has 1 aromatic heterocycles. The number of aliphatic hydroxyl groups is 1. The third kappa shape index (κ3) is 8.19. The van der Waals surface area contributed by atoms with Crippen LogP contribution in [-0.4, -0.2) is 70.6 Å². The number of nitrogens with zero attached hydrogens (tertiary/aromatic N) is 2. The van der Waals surface area contributed by atoms with Gasteiger partial charge in [-0.2, -0.15) is 0 Å². The highest BCUT2D eigenvalue weighted by Gasteiger charge is 2.26. The summed E-state index contributed by atoms with van der Waals surface area (Å²) < 4.78 is 5.19. The molecule has 2 fully saturated rings. The minimum absolute atomic E-state index is 0.142. The maximum atomic E-state index is 12.3. The predicted molar refractivity (Wildman–Crippen MR) is 178 cm³/mol. The van der Waals surface area contributed by atoms with E-state index in [4.69, 9.17) is 17.0 Å². The molecule has 0 aliphatic carbocycles. The molecule has 0 saturated carbocycles. The van der Waals surface area contributed by atoms with Gasteiger partial charge in [0.1, 0.15) is 5.00 Å². The highest BCUT2D eigenvalue weighted by molar-refractivity contribution is 7.80. The number of benzene rings is 2. The second kappa shape index (κ2) is 15.0. The van der Waals surface area contributed by atoms with Crippen molar-refractivity contribution in [1.29, 1.82) is 0 Å². The Morgan fingerprint density at radius 3 is 2.41 bits per heavy atom. The summed E-state index contributed by atoms with van der Waals surface area (Å²) in [5, 5.41) is 33.4. The van der Waals surface area contributed by atoms with Crippen molar-refractivity contribution < 1.29 is 24.9 Å². The number of amides is 1. The predicted octanol–water partition coefficient (Wildman–Crippen LogP) is 4.87. The fraction of sp³-hybridized carbons (Fsp3) is 0.438. The summed E-state index contributed by atoms with van der Waals surface area (Å²) in [7, 11) is 1.43. The minimum atomic E-state index is -1.15. The molecule has 236 valence electrons. The van der Waals surface area contributed by atoms with Crippen LogP contribution in [0.4, 0.5) is 10.7 Å². The van der Waals surface area contributed by atoms with Gasteiger partial charge in [-0.3, -0.25) is 15.6 Å². The van der Waals surface area contributed by atoms with Crippen LogP contribution in [0.1, 0.15) is 55.9 Å². The fourth-order valence-corrected chi connectivity index (χ4v) is 7.18. The van der Waals surface area contributed by atoms with E-state index < -0.39 is 6.29 Å². The molecule has 2 saturated heterocycles. The topological polar surface area (TPSA) is 130 Å². The number of aryl methyl sites for hydroxylation is 1. The fourth-order valence-electron chi connectivity index (χ4n) is 5.87. The Hall–Kier alpha value is -3.42. The smallest absolute Gasteiger partial charge is 0.238 e. The number of piperidine rings is 2. The van der Waals surface area contributed by atoms with Crippen LogP contribution in [0.15, 0.2) is 48.5 Å². The van der Waals surface area contributed by atoms with Crippen molar-refractivity contribution in [3.05, 3.63) is 59.7 Å². The Kier molecular flexibility index (Phi) is 10.9. The lowest BCUT2D eigenvalue weighted by Gasteiger charge is -2.41. The molecule has 2 aliphatic rings. The minimum Gasteiger partial charge on any atom is -0.504 e. The molecular weight excluding hydrogens is 599 g/mol. The summed E-state index contributed by atoms with van der Waals surface area (Å²) in [5.74, 6) is -0.738. The molecule has 12 heteroatoms. The molecular formula is C32H41N5O5S2. The lowest BCUT2D eigenvalue weighted by atomic mass is 9.99. The molecule has 1 atom stereocenters. The van der Waals surface area contributed by atoms with Gasteiger partial charge in [0.2, 0.25) is 5.91 Å². The second-order valence-corrected chi connectivity index (χ2v) is 12.8. The first-order valence-corrected chi connectivity index (χ1v) is 16.3. The number of aromatic hydroxyl groups is 2. The highest BCUT2D eigenvalue weighted by Crippen LogP contribution is 2.39. The molecule has 0 bridgehead atoms. The molecule has 2 aromatic carbocycles. The molecule has 3 aromatic rings. The maximum Gasteiger partial charge on any atom is 0.238 e. The average molecular weight is 640 g/mol. The van der Waals surface area contributed by atoms with Crippen LogP contribution in [0.25, 0.3) is 10.4 Å². The van der Waals surface area contributed by atoms with Crippen molar-refractivity contribution in [1.82, 2.24) is 15.8 Å². The number of ether oxygens (including phenoxy) is 1. The summed E-state index contributed by atoms with van der Waals surface area (Å²) in [5.41, 5.74) is 8.75. The molecule has 5 rings (SSSR count). The summed E-state index contributed by atoms with van der Waals surface area (Å²) in [6.07, 6.45) is 5.81. The van der Waals surface area contributed by atoms with Crippen LogP contribution in [0.3, 0.4) is 0 Å². The molecule has 0 spiro atoms. The van der Waals surface area contributed by atoms with Gasteiger partial charge >= 0.3 is 0 Å². The number of likely N-dealkylation sites (tertiary alicyclic amines) is 1. The van der Waals surface area contributed by atoms with Crippen molar-refractivity contribution in [2.24, 2.45) is 0 Å². The Bertz CT molecular complexity index is 1420. The molecule has 0 radical (unpaired) electrons. The summed E-state index contributed by atoms with van der Waals surface area (Å²) in [4.78, 5) is 18.4. The number of hydrogen-bond donors (Lipinski definition) is 6. The third-order valence-corrected chi connectivity index (χ3v) is 9.68. The standard InChI is InChI=1S/C32H41N5O5S2/c1-42-31(41)25-20-28(22-7-9-23(10-8-22)37-17-13-24(14-18-37)36-15-3-2-4-16-36)44-30(25)33-32(43)35-34-29(40)12-6-21-5-11-26(38)27(39)19-21/h5,7-11,19-20,24,31,38-39,41H,2-4,6,12-18H2,1H3,(H,34,40)(H2,33,35,43). The number of phenolic OH excluding ortho intramolecular Hbond substituents is 2. The zero-order chi connectivity index (χ0) is 31.1. The van der Waals surface area contributed by atoms with Gasteiger partial charge in [0.25, 0.3) is 0 Å². The van der Waals surface area contributed by atoms with E-state index in [1.54, 1.807) is 6.07 Å². The maximum absolute atomic E-state index is 12.3. The van der Waals surface area contributed by atoms with Crippen LogP contribution < -0.4 is 21.1 Å². The van der Waals surface area contributed by atoms with Crippen LogP contribution in [0.5, 0.6) is 11.5 Å². The SMILES string of the molecule is COC(O)c1cc(-c2ccc(N3CCC(N4CCCCC4)CC3)cc2)sc1NC(=S)NNC(=O)CCc1ccc(O)c(O)c1. The second-order valence-electron chi connectivity index (χ2n) is 11.3. The molecule has 1 unspecified atom stereocenters. The number of carbonyl (C=O) groups is 1. The zero-order valence-electron chi connectivity index (χ0n) is 24.9. The van der Waals surface area contributed by atoms with Crippen LogP contribution >= 0.6 is 23.6 Å². The van der Waals surface area contributed by atoms with Gasteiger partial charge < -0.3 is 35.2 Å². The van der Waals surface area contributed by atoms with E-state index in [1.165, 1.54) is 81.5 Å². The number of thiophene rings is 1. The number of carbonyl (C=O) groups excluding carboxylic acids is 1. The molecule has 3 heterocycles. The summed E-state index contributed by atoms with van der Waals surface area (Å²) in [6, 6.07) is 15.6. The van der Waals surface area contributed by atoms with Crippen molar-refractivity contribution in [3.63, 3.8) is 0 Å². The molecule has 6 N–H and O–H groups in total. The molecule has 10 nitrogen and oxygen atoms in total. The quantitative estimate of drug-likeness (QED) is 0.0835. The first-order chi connectivity index (χ1) is 21.3. The van der Waals surface area contributed by atoms with Crippen molar-refractivity contribution in [3.8, 4) is 21.9 Å². The Morgan fingerprint density at radius 1 is 1.00 bits per heavy atom. The molecule has 44 heavy (non-hydrogen) atoms. The van der Waals surface area contributed by atoms with Crippen molar-refractivity contribution in [2.75, 3.05) is 43.5 Å². The number of hydrazine groups is 1. The van der Waals surface area contributed by atoms with E-state index in [9.17, 15) is 20.1 Å². The Labute approximate surface area is 267 Å². The van der Waals surface area contributed by atoms with E-state index in [0.717, 1.165) is 23.5 Å². The largest absolute Gasteiger partial charge is 0.504 e. The van der Waals surface area contributed by atoms with Gasteiger partial charge in [-0.25, -0.2) is 0 Å². The van der Waals surface area contributed by atoms with Gasteiger partial charge in [-0.05, 0) is 98.9 Å². The number of rotatable bonds is 9. The number of methoxy groups -OCH3 is 1. The number of nitrogens with one attached hydrogen (secondary N) is 3. The van der Waals surface area contributed by atoms with Gasteiger partial charge in [0.05, 0.1) is 0 Å². The number of phenols is 2. The van der Waals surface area contributed by atoms with E-state index in [1.807, 2.05) is 6.07 Å².